The molecule has 1 aromatic heterocycles. The van der Waals surface area contributed by atoms with Gasteiger partial charge in [0.15, 0.2) is 0 Å². The number of hydrogen-bond acceptors (Lipinski definition) is 6. The van der Waals surface area contributed by atoms with Crippen LogP contribution in [0, 0.1) is 10.1 Å². The van der Waals surface area contributed by atoms with E-state index in [1.807, 2.05) is 0 Å². The fraction of sp³-hybridized carbons (Fsp3) is 0.375. The van der Waals surface area contributed by atoms with Crippen molar-refractivity contribution in [3.8, 4) is 0 Å². The molecule has 0 unspecified atom stereocenters. The third kappa shape index (κ3) is 3.55. The molecule has 8 heteroatoms. The number of furan rings is 1. The van der Waals surface area contributed by atoms with Gasteiger partial charge in [-0.05, 0) is 6.07 Å². The van der Waals surface area contributed by atoms with E-state index in [9.17, 15) is 14.9 Å². The Morgan fingerprint density at radius 1 is 1.69 bits per heavy atom. The largest absolute Gasteiger partial charge is 0.480 e. The van der Waals surface area contributed by atoms with Crippen LogP contribution in [-0.4, -0.2) is 27.8 Å². The highest BCUT2D eigenvalue weighted by molar-refractivity contribution is 7.98. The molecule has 0 aliphatic rings. The maximum absolute atomic E-state index is 10.4. The van der Waals surface area contributed by atoms with Gasteiger partial charge in [-0.15, -0.1) is 0 Å². The van der Waals surface area contributed by atoms with Crippen LogP contribution in [0.1, 0.15) is 5.76 Å². The Hall–Kier alpha value is -1.54. The molecule has 16 heavy (non-hydrogen) atoms. The topological polar surface area (TPSA) is 120 Å². The van der Waals surface area contributed by atoms with E-state index in [4.69, 9.17) is 15.3 Å². The number of thioether (sulfide) groups is 1. The molecular formula is C8H10N2O5S. The lowest BCUT2D eigenvalue weighted by Crippen LogP contribution is -2.32. The summed E-state index contributed by atoms with van der Waals surface area (Å²) < 4.78 is 4.88. The zero-order valence-electron chi connectivity index (χ0n) is 8.16. The van der Waals surface area contributed by atoms with Crippen LogP contribution >= 0.6 is 11.8 Å². The number of carbonyl (C=O) groups is 1. The molecule has 0 saturated carbocycles. The van der Waals surface area contributed by atoms with Crippen LogP contribution in [0.3, 0.4) is 0 Å². The molecule has 0 aliphatic heterocycles. The van der Waals surface area contributed by atoms with Crippen molar-refractivity contribution in [1.29, 1.82) is 0 Å². The van der Waals surface area contributed by atoms with E-state index in [0.717, 1.165) is 0 Å². The molecule has 1 atom stereocenters. The first kappa shape index (κ1) is 12.5. The van der Waals surface area contributed by atoms with Gasteiger partial charge in [0.25, 0.3) is 0 Å². The molecule has 0 bridgehead atoms. The molecule has 1 rings (SSSR count). The number of rotatable bonds is 6. The average molecular weight is 246 g/mol. The molecule has 0 aromatic carbocycles. The summed E-state index contributed by atoms with van der Waals surface area (Å²) in [7, 11) is 0. The van der Waals surface area contributed by atoms with Crippen LogP contribution in [0.5, 0.6) is 0 Å². The summed E-state index contributed by atoms with van der Waals surface area (Å²) in [5, 5.41) is 18.8. The Labute approximate surface area is 94.8 Å². The van der Waals surface area contributed by atoms with Crippen molar-refractivity contribution >= 4 is 23.6 Å². The third-order valence-electron chi connectivity index (χ3n) is 1.69. The van der Waals surface area contributed by atoms with Gasteiger partial charge in [-0.1, -0.05) is 0 Å². The number of nitrogens with two attached hydrogens (primary N) is 1. The predicted molar refractivity (Wildman–Crippen MR) is 57.1 cm³/mol. The molecular weight excluding hydrogens is 236 g/mol. The van der Waals surface area contributed by atoms with E-state index < -0.39 is 16.9 Å². The van der Waals surface area contributed by atoms with E-state index in [-0.39, 0.29) is 11.6 Å². The molecule has 3 N–H and O–H groups in total. The molecule has 1 aromatic rings. The van der Waals surface area contributed by atoms with Crippen LogP contribution in [0.15, 0.2) is 16.5 Å². The molecule has 0 saturated heterocycles. The Kier molecular flexibility index (Phi) is 4.32. The van der Waals surface area contributed by atoms with E-state index in [1.54, 1.807) is 0 Å². The van der Waals surface area contributed by atoms with Gasteiger partial charge < -0.3 is 15.3 Å². The minimum absolute atomic E-state index is 0.226. The molecule has 1 heterocycles. The molecule has 88 valence electrons. The van der Waals surface area contributed by atoms with Crippen molar-refractivity contribution in [2.45, 2.75) is 11.8 Å². The monoisotopic (exact) mass is 246 g/mol. The van der Waals surface area contributed by atoms with E-state index in [1.165, 1.54) is 23.9 Å². The summed E-state index contributed by atoms with van der Waals surface area (Å²) in [5.41, 5.74) is 5.27. The van der Waals surface area contributed by atoms with Crippen molar-refractivity contribution < 1.29 is 19.2 Å². The number of carboxylic acid groups (broad SMARTS) is 1. The fourth-order valence-electron chi connectivity index (χ4n) is 0.900. The highest BCUT2D eigenvalue weighted by Crippen LogP contribution is 2.20. The lowest BCUT2D eigenvalue weighted by atomic mass is 10.4. The second-order valence-electron chi connectivity index (χ2n) is 2.96. The fourth-order valence-corrected chi connectivity index (χ4v) is 1.77. The quantitative estimate of drug-likeness (QED) is 0.563. The maximum atomic E-state index is 10.4. The molecule has 0 fully saturated rings. The first-order chi connectivity index (χ1) is 7.50. The Bertz CT molecular complexity index is 392. The Balaban J connectivity index is 2.37. The Morgan fingerprint density at radius 2 is 2.38 bits per heavy atom. The smallest absolute Gasteiger partial charge is 0.433 e. The van der Waals surface area contributed by atoms with Gasteiger partial charge in [0.05, 0.1) is 11.8 Å². The molecule has 0 aliphatic carbocycles. The normalized spacial score (nSPS) is 12.3. The SMILES string of the molecule is N[C@@H](CSCc1ccc([N+](=O)[O-])o1)C(=O)O. The predicted octanol–water partition coefficient (Wildman–Crippen LogP) is 0.833. The van der Waals surface area contributed by atoms with Gasteiger partial charge in [0.2, 0.25) is 0 Å². The zero-order valence-corrected chi connectivity index (χ0v) is 8.98. The molecule has 7 nitrogen and oxygen atoms in total. The first-order valence-electron chi connectivity index (χ1n) is 4.30. The zero-order chi connectivity index (χ0) is 12.1. The molecule has 0 spiro atoms. The van der Waals surface area contributed by atoms with Crippen molar-refractivity contribution in [1.82, 2.24) is 0 Å². The number of carboxylic acids is 1. The number of hydrogen-bond donors (Lipinski definition) is 2. The van der Waals surface area contributed by atoms with E-state index in [2.05, 4.69) is 0 Å². The van der Waals surface area contributed by atoms with Crippen LogP contribution in [-0.2, 0) is 10.5 Å². The van der Waals surface area contributed by atoms with Crippen LogP contribution in [0.4, 0.5) is 5.88 Å². The summed E-state index contributed by atoms with van der Waals surface area (Å²) in [6.45, 7) is 0. The van der Waals surface area contributed by atoms with Gasteiger partial charge in [0, 0.05) is 5.75 Å². The average Bonchev–Trinajstić information content (AvgIpc) is 2.66. The van der Waals surface area contributed by atoms with Gasteiger partial charge in [-0.3, -0.25) is 14.9 Å². The summed E-state index contributed by atoms with van der Waals surface area (Å²) >= 11 is 1.25. The highest BCUT2D eigenvalue weighted by Gasteiger charge is 2.14. The standard InChI is InChI=1S/C8H10N2O5S/c9-6(8(11)12)4-16-3-5-1-2-7(15-5)10(13)14/h1-2,6H,3-4,9H2,(H,11,12)/t6-/m0/s1. The minimum atomic E-state index is -1.07. The first-order valence-corrected chi connectivity index (χ1v) is 5.45. The van der Waals surface area contributed by atoms with Gasteiger partial charge >= 0.3 is 11.9 Å². The lowest BCUT2D eigenvalue weighted by molar-refractivity contribution is -0.402. The third-order valence-corrected chi connectivity index (χ3v) is 2.77. The van der Waals surface area contributed by atoms with Crippen LogP contribution < -0.4 is 5.73 Å². The van der Waals surface area contributed by atoms with Crippen LogP contribution in [0.25, 0.3) is 0 Å². The molecule has 0 radical (unpaired) electrons. The van der Waals surface area contributed by atoms with Crippen molar-refractivity contribution in [3.63, 3.8) is 0 Å². The second-order valence-corrected chi connectivity index (χ2v) is 3.99. The molecule has 0 amide bonds. The van der Waals surface area contributed by atoms with E-state index >= 15 is 0 Å². The number of nitrogens with zero attached hydrogens (tertiary/aromatic N) is 1. The summed E-state index contributed by atoms with van der Waals surface area (Å²) in [4.78, 5) is 20.0. The summed E-state index contributed by atoms with van der Waals surface area (Å²) in [6, 6.07) is 1.81. The highest BCUT2D eigenvalue weighted by atomic mass is 32.2. The van der Waals surface area contributed by atoms with Crippen molar-refractivity contribution in [2.75, 3.05) is 5.75 Å². The van der Waals surface area contributed by atoms with Crippen molar-refractivity contribution in [3.05, 3.63) is 28.0 Å². The minimum Gasteiger partial charge on any atom is -0.480 e. The van der Waals surface area contributed by atoms with Crippen LogP contribution in [0.2, 0.25) is 0 Å². The summed E-state index contributed by atoms with van der Waals surface area (Å²) in [6.07, 6.45) is 0. The van der Waals surface area contributed by atoms with Crippen molar-refractivity contribution in [2.24, 2.45) is 5.73 Å². The van der Waals surface area contributed by atoms with Gasteiger partial charge in [-0.25, -0.2) is 0 Å². The number of nitro groups is 1. The van der Waals surface area contributed by atoms with E-state index in [0.29, 0.717) is 11.5 Å². The Morgan fingerprint density at radius 3 is 2.88 bits per heavy atom. The van der Waals surface area contributed by atoms with Gasteiger partial charge in [0.1, 0.15) is 16.7 Å². The van der Waals surface area contributed by atoms with Gasteiger partial charge in [-0.2, -0.15) is 11.8 Å². The summed E-state index contributed by atoms with van der Waals surface area (Å²) in [5.74, 6) is -0.385. The second kappa shape index (κ2) is 5.52. The maximum Gasteiger partial charge on any atom is 0.433 e. The lowest BCUT2D eigenvalue weighted by Gasteiger charge is -2.03. The number of aliphatic carboxylic acids is 1.